The summed E-state index contributed by atoms with van der Waals surface area (Å²) in [6, 6.07) is 1.75. The Morgan fingerprint density at radius 1 is 1.44 bits per heavy atom. The van der Waals surface area contributed by atoms with Gasteiger partial charge >= 0.3 is 5.69 Å². The van der Waals surface area contributed by atoms with Crippen LogP contribution in [0.5, 0.6) is 0 Å². The highest BCUT2D eigenvalue weighted by atomic mass is 16.1. The predicted molar refractivity (Wildman–Crippen MR) is 69.9 cm³/mol. The van der Waals surface area contributed by atoms with Crippen molar-refractivity contribution in [1.29, 1.82) is 0 Å². The van der Waals surface area contributed by atoms with Gasteiger partial charge in [-0.25, -0.2) is 19.3 Å². The second-order valence-electron chi connectivity index (χ2n) is 3.98. The monoisotopic (exact) mass is 250 g/mol. The zero-order valence-corrected chi connectivity index (χ0v) is 10.7. The molecule has 2 aromatic heterocycles. The Kier molecular flexibility index (Phi) is 3.93. The molecule has 0 spiro atoms. The van der Waals surface area contributed by atoms with E-state index in [1.54, 1.807) is 6.07 Å². The van der Waals surface area contributed by atoms with E-state index in [-0.39, 0.29) is 5.69 Å². The van der Waals surface area contributed by atoms with Gasteiger partial charge in [-0.1, -0.05) is 13.8 Å². The van der Waals surface area contributed by atoms with Crippen LogP contribution < -0.4 is 11.0 Å². The summed E-state index contributed by atoms with van der Waals surface area (Å²) in [5.74, 6) is 0.730. The third kappa shape index (κ3) is 2.67. The number of aromatic amines is 1. The molecule has 2 N–H and O–H groups in total. The van der Waals surface area contributed by atoms with Crippen molar-refractivity contribution in [3.8, 4) is 0 Å². The molecule has 0 atom stereocenters. The second kappa shape index (κ2) is 5.63. The number of rotatable bonds is 6. The Hall–Kier alpha value is -1.89. The highest BCUT2D eigenvalue weighted by Crippen LogP contribution is 2.03. The van der Waals surface area contributed by atoms with Crippen LogP contribution in [0.1, 0.15) is 13.8 Å². The lowest BCUT2D eigenvalue weighted by Gasteiger charge is -2.18. The molecule has 2 heterocycles. The van der Waals surface area contributed by atoms with Crippen molar-refractivity contribution in [2.24, 2.45) is 0 Å². The lowest BCUT2D eigenvalue weighted by atomic mass is 10.4. The number of fused-ring (bicyclic) bond motifs is 1. The highest BCUT2D eigenvalue weighted by Gasteiger charge is 2.02. The van der Waals surface area contributed by atoms with Gasteiger partial charge in [0.1, 0.15) is 12.1 Å². The van der Waals surface area contributed by atoms with E-state index in [9.17, 15) is 4.79 Å². The van der Waals surface area contributed by atoms with Crippen molar-refractivity contribution in [2.45, 2.75) is 13.8 Å². The van der Waals surface area contributed by atoms with Crippen LogP contribution in [0, 0.1) is 0 Å². The lowest BCUT2D eigenvalue weighted by molar-refractivity contribution is 0.316. The molecule has 0 radical (unpaired) electrons. The molecule has 0 aliphatic heterocycles. The van der Waals surface area contributed by atoms with Crippen LogP contribution in [-0.4, -0.2) is 50.7 Å². The van der Waals surface area contributed by atoms with Crippen LogP contribution in [0.2, 0.25) is 0 Å². The van der Waals surface area contributed by atoms with Gasteiger partial charge in [-0.3, -0.25) is 0 Å². The van der Waals surface area contributed by atoms with E-state index in [0.29, 0.717) is 5.65 Å². The van der Waals surface area contributed by atoms with Gasteiger partial charge in [-0.15, -0.1) is 0 Å². The maximum atomic E-state index is 11.2. The van der Waals surface area contributed by atoms with E-state index < -0.39 is 0 Å². The summed E-state index contributed by atoms with van der Waals surface area (Å²) in [4.78, 5) is 17.7. The maximum Gasteiger partial charge on any atom is 0.348 e. The van der Waals surface area contributed by atoms with E-state index in [1.807, 2.05) is 0 Å². The Bertz CT molecular complexity index is 556. The molecule has 0 saturated carbocycles. The Morgan fingerprint density at radius 2 is 2.22 bits per heavy atom. The molecule has 7 heteroatoms. The fourth-order valence-corrected chi connectivity index (χ4v) is 1.79. The number of hydrogen-bond acceptors (Lipinski definition) is 5. The third-order valence-corrected chi connectivity index (χ3v) is 2.94. The SMILES string of the molecule is CCN(CC)CCNc1cc2n[nH]c(=O)n2cn1. The molecular weight excluding hydrogens is 232 g/mol. The second-order valence-corrected chi connectivity index (χ2v) is 3.98. The number of nitrogens with zero attached hydrogens (tertiary/aromatic N) is 4. The van der Waals surface area contributed by atoms with Gasteiger partial charge in [0.25, 0.3) is 0 Å². The third-order valence-electron chi connectivity index (χ3n) is 2.94. The molecule has 0 fully saturated rings. The molecule has 0 aliphatic rings. The number of anilines is 1. The van der Waals surface area contributed by atoms with Gasteiger partial charge in [0.15, 0.2) is 5.65 Å². The predicted octanol–water partition coefficient (Wildman–Crippen LogP) is 0.171. The number of likely N-dealkylation sites (N-methyl/N-ethyl adjacent to an activating group) is 1. The molecular formula is C11H18N6O. The molecule has 0 saturated heterocycles. The standard InChI is InChI=1S/C11H18N6O/c1-3-16(4-2)6-5-12-9-7-10-14-15-11(18)17(10)8-13-9/h7-8,12H,3-6H2,1-2H3,(H,15,18). The number of nitrogens with one attached hydrogen (secondary N) is 2. The first-order valence-corrected chi connectivity index (χ1v) is 6.13. The van der Waals surface area contributed by atoms with Crippen LogP contribution in [0.3, 0.4) is 0 Å². The topological polar surface area (TPSA) is 78.3 Å². The summed E-state index contributed by atoms with van der Waals surface area (Å²) in [6.07, 6.45) is 1.47. The minimum absolute atomic E-state index is 0.271. The summed E-state index contributed by atoms with van der Waals surface area (Å²) in [7, 11) is 0. The number of aromatic nitrogens is 4. The first-order valence-electron chi connectivity index (χ1n) is 6.13. The number of H-pyrrole nitrogens is 1. The van der Waals surface area contributed by atoms with Crippen molar-refractivity contribution in [3.05, 3.63) is 22.9 Å². The Labute approximate surface area is 105 Å². The van der Waals surface area contributed by atoms with Crippen molar-refractivity contribution in [3.63, 3.8) is 0 Å². The first-order chi connectivity index (χ1) is 8.74. The fraction of sp³-hybridized carbons (Fsp3) is 0.545. The molecule has 2 rings (SSSR count). The van der Waals surface area contributed by atoms with Crippen LogP contribution >= 0.6 is 0 Å². The van der Waals surface area contributed by atoms with Crippen molar-refractivity contribution < 1.29 is 0 Å². The smallest absolute Gasteiger partial charge is 0.348 e. The minimum Gasteiger partial charge on any atom is -0.369 e. The molecule has 0 aliphatic carbocycles. The lowest BCUT2D eigenvalue weighted by Crippen LogP contribution is -2.28. The van der Waals surface area contributed by atoms with Crippen molar-refractivity contribution >= 4 is 11.5 Å². The summed E-state index contributed by atoms with van der Waals surface area (Å²) >= 11 is 0. The molecule has 98 valence electrons. The largest absolute Gasteiger partial charge is 0.369 e. The first kappa shape index (κ1) is 12.6. The van der Waals surface area contributed by atoms with Crippen LogP contribution in [0.15, 0.2) is 17.2 Å². The average molecular weight is 250 g/mol. The zero-order valence-electron chi connectivity index (χ0n) is 10.7. The molecule has 0 unspecified atom stereocenters. The minimum atomic E-state index is -0.271. The van der Waals surface area contributed by atoms with E-state index in [0.717, 1.165) is 32.0 Å². The molecule has 0 amide bonds. The summed E-state index contributed by atoms with van der Waals surface area (Å²) in [5, 5.41) is 9.49. The van der Waals surface area contributed by atoms with Gasteiger partial charge in [0.05, 0.1) is 0 Å². The fourth-order valence-electron chi connectivity index (χ4n) is 1.79. The summed E-state index contributed by atoms with van der Waals surface area (Å²) < 4.78 is 1.37. The quantitative estimate of drug-likeness (QED) is 0.764. The van der Waals surface area contributed by atoms with Crippen LogP contribution in [-0.2, 0) is 0 Å². The maximum absolute atomic E-state index is 11.2. The highest BCUT2D eigenvalue weighted by molar-refractivity contribution is 5.48. The van der Waals surface area contributed by atoms with E-state index in [2.05, 4.69) is 39.2 Å². The normalized spacial score (nSPS) is 11.3. The summed E-state index contributed by atoms with van der Waals surface area (Å²) in [5.41, 5.74) is 0.299. The molecule has 2 aromatic rings. The molecule has 18 heavy (non-hydrogen) atoms. The van der Waals surface area contributed by atoms with Gasteiger partial charge in [-0.05, 0) is 13.1 Å². The van der Waals surface area contributed by atoms with E-state index in [1.165, 1.54) is 10.7 Å². The van der Waals surface area contributed by atoms with Crippen LogP contribution in [0.25, 0.3) is 5.65 Å². The Balaban J connectivity index is 1.97. The average Bonchev–Trinajstić information content (AvgIpc) is 2.76. The van der Waals surface area contributed by atoms with Crippen molar-refractivity contribution in [1.82, 2.24) is 24.5 Å². The van der Waals surface area contributed by atoms with Gasteiger partial charge in [0, 0.05) is 19.2 Å². The summed E-state index contributed by atoms with van der Waals surface area (Å²) in [6.45, 7) is 8.15. The zero-order chi connectivity index (χ0) is 13.0. The Morgan fingerprint density at radius 3 is 2.94 bits per heavy atom. The van der Waals surface area contributed by atoms with Gasteiger partial charge in [0.2, 0.25) is 0 Å². The van der Waals surface area contributed by atoms with Gasteiger partial charge in [-0.2, -0.15) is 5.10 Å². The van der Waals surface area contributed by atoms with Crippen molar-refractivity contribution in [2.75, 3.05) is 31.5 Å². The number of hydrogen-bond donors (Lipinski definition) is 2. The van der Waals surface area contributed by atoms with Gasteiger partial charge < -0.3 is 10.2 Å². The van der Waals surface area contributed by atoms with Crippen LogP contribution in [0.4, 0.5) is 5.82 Å². The van der Waals surface area contributed by atoms with E-state index in [4.69, 9.17) is 0 Å². The van der Waals surface area contributed by atoms with E-state index >= 15 is 0 Å². The molecule has 7 nitrogen and oxygen atoms in total. The molecule has 0 aromatic carbocycles. The molecule has 0 bridgehead atoms.